The van der Waals surface area contributed by atoms with Crippen LogP contribution in [0.2, 0.25) is 5.15 Å². The van der Waals surface area contributed by atoms with Crippen molar-refractivity contribution < 1.29 is 8.42 Å². The fourth-order valence-corrected chi connectivity index (χ4v) is 6.21. The molecule has 1 aliphatic carbocycles. The Balaban J connectivity index is 1.52. The summed E-state index contributed by atoms with van der Waals surface area (Å²) in [5, 5.41) is 0.510. The Morgan fingerprint density at radius 2 is 2.06 bits per heavy atom. The Labute approximate surface area is 188 Å². The number of piperidine rings is 1. The standard InChI is InChI=1S/C22H26ClN5O2S/c1-14-9-19-17(12-28(14)20-10-21(23)26-18-7-3-6-16(18)20)22(25-13-24-19)15-5-4-8-27(11-15)31(2,29)30/h3,6,10,13-15H,4-5,7-9,11-12H2,1-2H3/t14-,15-/m1/s1. The number of aromatic nitrogens is 3. The molecule has 9 heteroatoms. The second-order valence-electron chi connectivity index (χ2n) is 8.76. The molecule has 2 aromatic rings. The molecule has 31 heavy (non-hydrogen) atoms. The van der Waals surface area contributed by atoms with Gasteiger partial charge in [0.2, 0.25) is 10.0 Å². The maximum absolute atomic E-state index is 12.1. The third kappa shape index (κ3) is 3.85. The van der Waals surface area contributed by atoms with Crippen LogP contribution in [0.1, 0.15) is 53.9 Å². The minimum atomic E-state index is -3.21. The van der Waals surface area contributed by atoms with Gasteiger partial charge in [-0.15, -0.1) is 0 Å². The lowest BCUT2D eigenvalue weighted by molar-refractivity contribution is 0.312. The van der Waals surface area contributed by atoms with Gasteiger partial charge < -0.3 is 4.90 Å². The summed E-state index contributed by atoms with van der Waals surface area (Å²) in [4.78, 5) is 16.1. The quantitative estimate of drug-likeness (QED) is 0.656. The molecule has 0 N–H and O–H groups in total. The number of sulfonamides is 1. The highest BCUT2D eigenvalue weighted by Crippen LogP contribution is 2.38. The molecule has 0 saturated carbocycles. The highest BCUT2D eigenvalue weighted by atomic mass is 35.5. The van der Waals surface area contributed by atoms with Gasteiger partial charge >= 0.3 is 0 Å². The number of halogens is 1. The number of hydrogen-bond donors (Lipinski definition) is 0. The molecule has 7 nitrogen and oxygen atoms in total. The van der Waals surface area contributed by atoms with Crippen molar-refractivity contribution >= 4 is 33.4 Å². The van der Waals surface area contributed by atoms with Gasteiger partial charge in [-0.2, -0.15) is 0 Å². The van der Waals surface area contributed by atoms with Crippen LogP contribution in [0.5, 0.6) is 0 Å². The van der Waals surface area contributed by atoms with Crippen molar-refractivity contribution in [2.75, 3.05) is 24.2 Å². The van der Waals surface area contributed by atoms with E-state index in [2.05, 4.69) is 38.9 Å². The summed E-state index contributed by atoms with van der Waals surface area (Å²) in [5.41, 5.74) is 6.43. The van der Waals surface area contributed by atoms with Crippen LogP contribution in [-0.2, 0) is 29.4 Å². The summed E-state index contributed by atoms with van der Waals surface area (Å²) in [7, 11) is -3.21. The number of fused-ring (bicyclic) bond motifs is 2. The van der Waals surface area contributed by atoms with Crippen molar-refractivity contribution in [3.05, 3.63) is 51.8 Å². The highest BCUT2D eigenvalue weighted by molar-refractivity contribution is 7.88. The van der Waals surface area contributed by atoms with Crippen molar-refractivity contribution in [2.45, 2.75) is 51.1 Å². The zero-order chi connectivity index (χ0) is 21.8. The first-order valence-electron chi connectivity index (χ1n) is 10.7. The van der Waals surface area contributed by atoms with E-state index in [9.17, 15) is 8.42 Å². The number of anilines is 1. The first kappa shape index (κ1) is 20.8. The fraction of sp³-hybridized carbons (Fsp3) is 0.500. The molecular weight excluding hydrogens is 434 g/mol. The average molecular weight is 460 g/mol. The van der Waals surface area contributed by atoms with E-state index >= 15 is 0 Å². The second-order valence-corrected chi connectivity index (χ2v) is 11.1. The number of nitrogens with zero attached hydrogens (tertiary/aromatic N) is 5. The first-order chi connectivity index (χ1) is 14.8. The highest BCUT2D eigenvalue weighted by Gasteiger charge is 2.34. The van der Waals surface area contributed by atoms with E-state index in [1.54, 1.807) is 10.6 Å². The van der Waals surface area contributed by atoms with Gasteiger partial charge in [0.25, 0.3) is 0 Å². The molecule has 0 amide bonds. The fourth-order valence-electron chi connectivity index (χ4n) is 5.09. The van der Waals surface area contributed by atoms with E-state index in [0.29, 0.717) is 24.8 Å². The molecule has 164 valence electrons. The normalized spacial score (nSPS) is 23.6. The molecular formula is C22H26ClN5O2S. The Bertz CT molecular complexity index is 1170. The monoisotopic (exact) mass is 459 g/mol. The summed E-state index contributed by atoms with van der Waals surface area (Å²) in [6.45, 7) is 3.95. The van der Waals surface area contributed by atoms with Gasteiger partial charge in [-0.3, -0.25) is 0 Å². The number of rotatable bonds is 3. The van der Waals surface area contributed by atoms with Crippen molar-refractivity contribution in [1.82, 2.24) is 19.3 Å². The van der Waals surface area contributed by atoms with E-state index in [4.69, 9.17) is 11.6 Å². The van der Waals surface area contributed by atoms with E-state index in [0.717, 1.165) is 59.6 Å². The zero-order valence-electron chi connectivity index (χ0n) is 17.8. The smallest absolute Gasteiger partial charge is 0.211 e. The Morgan fingerprint density at radius 3 is 2.87 bits per heavy atom. The molecule has 0 spiro atoms. The molecule has 1 fully saturated rings. The van der Waals surface area contributed by atoms with E-state index in [-0.39, 0.29) is 12.0 Å². The van der Waals surface area contributed by atoms with Gasteiger partial charge in [0.15, 0.2) is 0 Å². The number of hydrogen-bond acceptors (Lipinski definition) is 6. The lowest BCUT2D eigenvalue weighted by atomic mass is 9.88. The molecule has 4 heterocycles. The molecule has 0 bridgehead atoms. The molecule has 0 radical (unpaired) electrons. The van der Waals surface area contributed by atoms with Crippen LogP contribution in [0.4, 0.5) is 5.69 Å². The van der Waals surface area contributed by atoms with Crippen LogP contribution in [0, 0.1) is 0 Å². The topological polar surface area (TPSA) is 79.3 Å². The second kappa shape index (κ2) is 7.83. The van der Waals surface area contributed by atoms with Crippen molar-refractivity contribution in [3.8, 4) is 0 Å². The zero-order valence-corrected chi connectivity index (χ0v) is 19.3. The molecule has 2 aliphatic heterocycles. The molecule has 0 aromatic carbocycles. The SMILES string of the molecule is C[C@@H]1Cc2ncnc([C@@H]3CCCN(S(C)(=O)=O)C3)c2CN1c1cc(Cl)nc2c1C=CC2. The maximum Gasteiger partial charge on any atom is 0.211 e. The van der Waals surface area contributed by atoms with Gasteiger partial charge in [-0.1, -0.05) is 23.8 Å². The van der Waals surface area contributed by atoms with E-state index in [1.165, 1.54) is 6.26 Å². The third-order valence-corrected chi connectivity index (χ3v) is 8.11. The van der Waals surface area contributed by atoms with Crippen LogP contribution in [0.25, 0.3) is 6.08 Å². The predicted octanol–water partition coefficient (Wildman–Crippen LogP) is 3.18. The van der Waals surface area contributed by atoms with Crippen molar-refractivity contribution in [2.24, 2.45) is 0 Å². The summed E-state index contributed by atoms with van der Waals surface area (Å²) < 4.78 is 25.8. The van der Waals surface area contributed by atoms with E-state index in [1.807, 2.05) is 6.07 Å². The Morgan fingerprint density at radius 1 is 1.23 bits per heavy atom. The third-order valence-electron chi connectivity index (χ3n) is 6.65. The lowest BCUT2D eigenvalue weighted by Gasteiger charge is -2.39. The first-order valence-corrected chi connectivity index (χ1v) is 12.9. The summed E-state index contributed by atoms with van der Waals surface area (Å²) in [6.07, 6.45) is 10.6. The summed E-state index contributed by atoms with van der Waals surface area (Å²) in [6, 6.07) is 2.21. The van der Waals surface area contributed by atoms with Gasteiger partial charge in [-0.25, -0.2) is 27.7 Å². The van der Waals surface area contributed by atoms with Gasteiger partial charge in [0.1, 0.15) is 11.5 Å². The molecule has 1 saturated heterocycles. The molecule has 0 unspecified atom stereocenters. The molecule has 3 aliphatic rings. The Kier molecular flexibility index (Phi) is 5.27. The Hall–Kier alpha value is -2.03. The van der Waals surface area contributed by atoms with Gasteiger partial charge in [0.05, 0.1) is 23.3 Å². The molecule has 2 atom stereocenters. The minimum absolute atomic E-state index is 0.0853. The average Bonchev–Trinajstić information content (AvgIpc) is 3.20. The largest absolute Gasteiger partial charge is 0.363 e. The number of allylic oxidation sites excluding steroid dienone is 1. The van der Waals surface area contributed by atoms with Gasteiger partial charge in [0, 0.05) is 61.2 Å². The molecule has 5 rings (SSSR count). The van der Waals surface area contributed by atoms with Crippen molar-refractivity contribution in [1.29, 1.82) is 0 Å². The summed E-state index contributed by atoms with van der Waals surface area (Å²) >= 11 is 6.35. The summed E-state index contributed by atoms with van der Waals surface area (Å²) in [5.74, 6) is 0.0853. The lowest BCUT2D eigenvalue weighted by Crippen LogP contribution is -2.42. The maximum atomic E-state index is 12.1. The predicted molar refractivity (Wildman–Crippen MR) is 122 cm³/mol. The minimum Gasteiger partial charge on any atom is -0.363 e. The van der Waals surface area contributed by atoms with Crippen LogP contribution in [0.3, 0.4) is 0 Å². The van der Waals surface area contributed by atoms with Crippen LogP contribution in [-0.4, -0.2) is 53.1 Å². The van der Waals surface area contributed by atoms with Crippen LogP contribution in [0.15, 0.2) is 18.5 Å². The van der Waals surface area contributed by atoms with E-state index < -0.39 is 10.0 Å². The molecule has 2 aromatic heterocycles. The van der Waals surface area contributed by atoms with Gasteiger partial charge in [-0.05, 0) is 25.8 Å². The number of pyridine rings is 1. The van der Waals surface area contributed by atoms with Crippen LogP contribution < -0.4 is 4.90 Å². The van der Waals surface area contributed by atoms with Crippen LogP contribution >= 0.6 is 11.6 Å². The van der Waals surface area contributed by atoms with Crippen molar-refractivity contribution in [3.63, 3.8) is 0 Å².